The van der Waals surface area contributed by atoms with Crippen molar-refractivity contribution < 1.29 is 9.47 Å². The Morgan fingerprint density at radius 1 is 0.941 bits per heavy atom. The van der Waals surface area contributed by atoms with Crippen LogP contribution in [0.3, 0.4) is 0 Å². The molecule has 2 aliphatic heterocycles. The molecule has 98 valence electrons. The van der Waals surface area contributed by atoms with Crippen LogP contribution >= 0.6 is 0 Å². The van der Waals surface area contributed by atoms with Gasteiger partial charge in [0.05, 0.1) is 5.60 Å². The lowest BCUT2D eigenvalue weighted by atomic mass is 9.65. The fraction of sp³-hybridized carbons (Fsp3) is 1.00. The van der Waals surface area contributed by atoms with Gasteiger partial charge in [-0.3, -0.25) is 0 Å². The second-order valence-electron chi connectivity index (χ2n) is 6.27. The second kappa shape index (κ2) is 4.52. The number of nitrogens with two attached hydrogens (primary N) is 1. The van der Waals surface area contributed by atoms with Crippen LogP contribution in [0.2, 0.25) is 0 Å². The van der Waals surface area contributed by atoms with E-state index in [2.05, 4.69) is 0 Å². The van der Waals surface area contributed by atoms with Gasteiger partial charge in [-0.05, 0) is 57.3 Å². The van der Waals surface area contributed by atoms with Crippen molar-refractivity contribution in [1.82, 2.24) is 0 Å². The van der Waals surface area contributed by atoms with Gasteiger partial charge in [0.15, 0.2) is 0 Å². The Hall–Kier alpha value is -0.120. The van der Waals surface area contributed by atoms with Crippen LogP contribution in [-0.2, 0) is 9.47 Å². The normalized spacial score (nSPS) is 41.8. The molecule has 1 saturated carbocycles. The lowest BCUT2D eigenvalue weighted by Gasteiger charge is -2.51. The Morgan fingerprint density at radius 2 is 1.82 bits per heavy atom. The van der Waals surface area contributed by atoms with Gasteiger partial charge in [0.2, 0.25) is 0 Å². The number of rotatable bonds is 1. The highest BCUT2D eigenvalue weighted by atomic mass is 16.5. The van der Waals surface area contributed by atoms with E-state index in [9.17, 15) is 0 Å². The van der Waals surface area contributed by atoms with Crippen LogP contribution in [0.25, 0.3) is 0 Å². The first-order valence-electron chi connectivity index (χ1n) is 7.23. The molecular weight excluding hydrogens is 214 g/mol. The van der Waals surface area contributed by atoms with Crippen LogP contribution in [0.5, 0.6) is 0 Å². The molecule has 0 radical (unpaired) electrons. The quantitative estimate of drug-likeness (QED) is 0.763. The monoisotopic (exact) mass is 239 g/mol. The van der Waals surface area contributed by atoms with Gasteiger partial charge in [-0.15, -0.1) is 0 Å². The Kier molecular flexibility index (Phi) is 3.18. The Bertz CT molecular complexity index is 267. The molecule has 3 heteroatoms. The molecule has 2 atom stereocenters. The molecule has 0 aromatic rings. The summed E-state index contributed by atoms with van der Waals surface area (Å²) in [6.45, 7) is 2.67. The summed E-state index contributed by atoms with van der Waals surface area (Å²) in [5, 5.41) is 0. The van der Waals surface area contributed by atoms with E-state index in [1.807, 2.05) is 0 Å². The third-order valence-electron chi connectivity index (χ3n) is 5.21. The molecular formula is C14H25NO2. The molecule has 3 nitrogen and oxygen atoms in total. The highest BCUT2D eigenvalue weighted by Crippen LogP contribution is 2.47. The van der Waals surface area contributed by atoms with E-state index in [1.54, 1.807) is 0 Å². The lowest BCUT2D eigenvalue weighted by molar-refractivity contribution is -0.153. The first-order valence-corrected chi connectivity index (χ1v) is 7.23. The molecule has 2 unspecified atom stereocenters. The van der Waals surface area contributed by atoms with Crippen molar-refractivity contribution in [3.63, 3.8) is 0 Å². The smallest absolute Gasteiger partial charge is 0.0686 e. The van der Waals surface area contributed by atoms with Crippen molar-refractivity contribution >= 4 is 0 Å². The number of hydrogen-bond acceptors (Lipinski definition) is 3. The average Bonchev–Trinajstić information content (AvgIpc) is 2.53. The van der Waals surface area contributed by atoms with Crippen molar-refractivity contribution in [2.45, 2.75) is 62.5 Å². The van der Waals surface area contributed by atoms with Crippen LogP contribution in [0.15, 0.2) is 0 Å². The first-order chi connectivity index (χ1) is 8.23. The van der Waals surface area contributed by atoms with Gasteiger partial charge in [-0.2, -0.15) is 0 Å². The van der Waals surface area contributed by atoms with Crippen LogP contribution in [0.4, 0.5) is 0 Å². The summed E-state index contributed by atoms with van der Waals surface area (Å²) in [5.74, 6) is 0.651. The minimum absolute atomic E-state index is 0.0167. The summed E-state index contributed by atoms with van der Waals surface area (Å²) in [7, 11) is 0. The summed E-state index contributed by atoms with van der Waals surface area (Å²) in [4.78, 5) is 0. The molecule has 3 aliphatic rings. The maximum absolute atomic E-state index is 6.70. The standard InChI is InChI=1S/C14H25NO2/c15-14(6-2-8-16-10-7-14)12-3-9-17-13(11-12)4-1-5-13/h12H,1-11,15H2. The van der Waals surface area contributed by atoms with Gasteiger partial charge in [0, 0.05) is 25.4 Å². The predicted molar refractivity (Wildman–Crippen MR) is 66.8 cm³/mol. The molecule has 0 aromatic heterocycles. The molecule has 17 heavy (non-hydrogen) atoms. The zero-order chi connectivity index (χ0) is 11.8. The minimum Gasteiger partial charge on any atom is -0.381 e. The van der Waals surface area contributed by atoms with Gasteiger partial charge in [0.1, 0.15) is 0 Å². The van der Waals surface area contributed by atoms with Gasteiger partial charge >= 0.3 is 0 Å². The maximum atomic E-state index is 6.70. The van der Waals surface area contributed by atoms with Gasteiger partial charge < -0.3 is 15.2 Å². The van der Waals surface area contributed by atoms with E-state index < -0.39 is 0 Å². The molecule has 3 fully saturated rings. The van der Waals surface area contributed by atoms with E-state index in [1.165, 1.54) is 25.7 Å². The fourth-order valence-electron chi connectivity index (χ4n) is 3.84. The van der Waals surface area contributed by atoms with Gasteiger partial charge in [-0.25, -0.2) is 0 Å². The largest absolute Gasteiger partial charge is 0.381 e. The van der Waals surface area contributed by atoms with Crippen molar-refractivity contribution in [2.75, 3.05) is 19.8 Å². The molecule has 2 heterocycles. The Morgan fingerprint density at radius 3 is 2.59 bits per heavy atom. The lowest BCUT2D eigenvalue weighted by Crippen LogP contribution is -2.55. The molecule has 1 aliphatic carbocycles. The summed E-state index contributed by atoms with van der Waals surface area (Å²) in [5.41, 5.74) is 6.94. The van der Waals surface area contributed by atoms with Crippen molar-refractivity contribution in [2.24, 2.45) is 11.7 Å². The van der Waals surface area contributed by atoms with Crippen LogP contribution < -0.4 is 5.73 Å². The van der Waals surface area contributed by atoms with E-state index >= 15 is 0 Å². The van der Waals surface area contributed by atoms with E-state index in [0.717, 1.165) is 45.5 Å². The number of ether oxygens (including phenoxy) is 2. The molecule has 2 N–H and O–H groups in total. The molecule has 0 amide bonds. The van der Waals surface area contributed by atoms with Gasteiger partial charge in [0.25, 0.3) is 0 Å². The summed E-state index contributed by atoms with van der Waals surface area (Å²) >= 11 is 0. The van der Waals surface area contributed by atoms with Crippen LogP contribution in [0.1, 0.15) is 51.4 Å². The third kappa shape index (κ3) is 2.25. The minimum atomic E-state index is 0.0167. The summed E-state index contributed by atoms with van der Waals surface area (Å²) in [6, 6.07) is 0. The molecule has 3 rings (SSSR count). The van der Waals surface area contributed by atoms with E-state index in [-0.39, 0.29) is 11.1 Å². The summed E-state index contributed by atoms with van der Waals surface area (Å²) in [6.07, 6.45) is 9.50. The topological polar surface area (TPSA) is 44.5 Å². The summed E-state index contributed by atoms with van der Waals surface area (Å²) < 4.78 is 11.6. The number of hydrogen-bond donors (Lipinski definition) is 1. The zero-order valence-corrected chi connectivity index (χ0v) is 10.7. The zero-order valence-electron chi connectivity index (χ0n) is 10.7. The molecule has 0 bridgehead atoms. The SMILES string of the molecule is NC1(C2CCOC3(CCC3)C2)CCCOCC1. The highest BCUT2D eigenvalue weighted by Gasteiger charge is 2.47. The Balaban J connectivity index is 1.69. The first kappa shape index (κ1) is 11.9. The van der Waals surface area contributed by atoms with Crippen LogP contribution in [-0.4, -0.2) is 31.0 Å². The second-order valence-corrected chi connectivity index (χ2v) is 6.27. The predicted octanol–water partition coefficient (Wildman–Crippen LogP) is 2.23. The molecule has 2 saturated heterocycles. The van der Waals surface area contributed by atoms with E-state index in [0.29, 0.717) is 5.92 Å². The fourth-order valence-corrected chi connectivity index (χ4v) is 3.84. The van der Waals surface area contributed by atoms with Crippen molar-refractivity contribution in [1.29, 1.82) is 0 Å². The van der Waals surface area contributed by atoms with Gasteiger partial charge in [-0.1, -0.05) is 0 Å². The van der Waals surface area contributed by atoms with Crippen molar-refractivity contribution in [3.05, 3.63) is 0 Å². The maximum Gasteiger partial charge on any atom is 0.0686 e. The highest BCUT2D eigenvalue weighted by molar-refractivity contribution is 5.01. The van der Waals surface area contributed by atoms with Crippen LogP contribution in [0, 0.1) is 5.92 Å². The Labute approximate surface area is 104 Å². The molecule has 0 aromatic carbocycles. The third-order valence-corrected chi connectivity index (χ3v) is 5.21. The molecule has 1 spiro atoms. The average molecular weight is 239 g/mol. The van der Waals surface area contributed by atoms with Crippen molar-refractivity contribution in [3.8, 4) is 0 Å². The van der Waals surface area contributed by atoms with E-state index in [4.69, 9.17) is 15.2 Å².